The van der Waals surface area contributed by atoms with Crippen molar-refractivity contribution in [3.05, 3.63) is 65.2 Å². The third-order valence-corrected chi connectivity index (χ3v) is 6.31. The fourth-order valence-corrected chi connectivity index (χ4v) is 4.46. The van der Waals surface area contributed by atoms with Gasteiger partial charge in [-0.1, -0.05) is 11.6 Å². The van der Waals surface area contributed by atoms with Gasteiger partial charge in [-0.15, -0.1) is 0 Å². The summed E-state index contributed by atoms with van der Waals surface area (Å²) in [4.78, 5) is 16.8. The number of fused-ring (bicyclic) bond motifs is 1. The SMILES string of the molecule is O=C(c1cc2n(n1)[C@@H](C(F)(F)F)C[C@H](c1ccco1)N2)N1CCN(c2ccc(Cl)cc2)CC1. The Labute approximate surface area is 192 Å². The number of amides is 1. The van der Waals surface area contributed by atoms with Crippen LogP contribution in [0.5, 0.6) is 0 Å². The standard InChI is InChI=1S/C22H21ClF3N5O2/c23-14-3-5-15(6-4-14)29-7-9-30(10-8-29)21(32)17-13-20-27-16(18-2-1-11-33-18)12-19(22(24,25)26)31(20)28-17/h1-6,11,13,16,19,27H,7-10,12H2/t16-,19-/m1/s1. The van der Waals surface area contributed by atoms with Crippen LogP contribution in [0, 0.1) is 0 Å². The molecule has 33 heavy (non-hydrogen) atoms. The molecule has 3 aromatic rings. The summed E-state index contributed by atoms with van der Waals surface area (Å²) in [6, 6.07) is 9.58. The Bertz CT molecular complexity index is 1120. The molecule has 2 aliphatic heterocycles. The zero-order valence-electron chi connectivity index (χ0n) is 17.4. The molecule has 2 atom stereocenters. The van der Waals surface area contributed by atoms with Crippen molar-refractivity contribution in [3.63, 3.8) is 0 Å². The molecule has 0 aliphatic carbocycles. The number of nitrogens with one attached hydrogen (secondary N) is 1. The van der Waals surface area contributed by atoms with Crippen molar-refractivity contribution in [2.75, 3.05) is 36.4 Å². The first-order chi connectivity index (χ1) is 15.8. The fourth-order valence-electron chi connectivity index (χ4n) is 4.34. The molecule has 0 bridgehead atoms. The Morgan fingerprint density at radius 3 is 2.48 bits per heavy atom. The van der Waals surface area contributed by atoms with Crippen molar-refractivity contribution in [2.45, 2.75) is 24.7 Å². The van der Waals surface area contributed by atoms with Crippen LogP contribution in [0.4, 0.5) is 24.7 Å². The Balaban J connectivity index is 1.33. The first kappa shape index (κ1) is 21.7. The fraction of sp³-hybridized carbons (Fsp3) is 0.364. The van der Waals surface area contributed by atoms with E-state index in [1.165, 1.54) is 12.3 Å². The van der Waals surface area contributed by atoms with Crippen molar-refractivity contribution in [1.29, 1.82) is 0 Å². The van der Waals surface area contributed by atoms with Crippen LogP contribution in [-0.4, -0.2) is 52.9 Å². The van der Waals surface area contributed by atoms with E-state index >= 15 is 0 Å². The molecule has 1 aromatic carbocycles. The second-order valence-corrected chi connectivity index (χ2v) is 8.56. The average Bonchev–Trinajstić information content (AvgIpc) is 3.48. The molecule has 11 heteroatoms. The van der Waals surface area contributed by atoms with Crippen molar-refractivity contribution < 1.29 is 22.4 Å². The summed E-state index contributed by atoms with van der Waals surface area (Å²) >= 11 is 5.94. The van der Waals surface area contributed by atoms with Crippen LogP contribution in [0.3, 0.4) is 0 Å². The van der Waals surface area contributed by atoms with Gasteiger partial charge in [0.1, 0.15) is 11.6 Å². The van der Waals surface area contributed by atoms with Crippen LogP contribution in [0.15, 0.2) is 53.1 Å². The lowest BCUT2D eigenvalue weighted by atomic mass is 10.0. The third-order valence-electron chi connectivity index (χ3n) is 6.05. The molecule has 2 aromatic heterocycles. The molecular formula is C22H21ClF3N5O2. The number of furan rings is 1. The molecule has 0 spiro atoms. The van der Waals surface area contributed by atoms with E-state index in [-0.39, 0.29) is 23.8 Å². The molecular weight excluding hydrogens is 459 g/mol. The topological polar surface area (TPSA) is 66.5 Å². The first-order valence-corrected chi connectivity index (χ1v) is 10.9. The highest BCUT2D eigenvalue weighted by atomic mass is 35.5. The normalized spacial score (nSPS) is 21.0. The van der Waals surface area contributed by atoms with Gasteiger partial charge in [0.15, 0.2) is 11.7 Å². The number of benzene rings is 1. The average molecular weight is 480 g/mol. The van der Waals surface area contributed by atoms with Gasteiger partial charge in [-0.2, -0.15) is 18.3 Å². The Morgan fingerprint density at radius 2 is 1.85 bits per heavy atom. The van der Waals surface area contributed by atoms with E-state index in [1.54, 1.807) is 17.0 Å². The van der Waals surface area contributed by atoms with Gasteiger partial charge in [-0.3, -0.25) is 4.79 Å². The number of alkyl halides is 3. The minimum atomic E-state index is -4.52. The number of halogens is 4. The number of anilines is 2. The predicted octanol–water partition coefficient (Wildman–Crippen LogP) is 4.75. The van der Waals surface area contributed by atoms with Crippen molar-refractivity contribution in [3.8, 4) is 0 Å². The highest BCUT2D eigenvalue weighted by molar-refractivity contribution is 6.30. The van der Waals surface area contributed by atoms with Gasteiger partial charge in [0.05, 0.1) is 12.3 Å². The molecule has 1 saturated heterocycles. The molecule has 1 fully saturated rings. The smallest absolute Gasteiger partial charge is 0.410 e. The van der Waals surface area contributed by atoms with Crippen molar-refractivity contribution >= 4 is 29.0 Å². The maximum Gasteiger partial charge on any atom is 0.410 e. The van der Waals surface area contributed by atoms with Gasteiger partial charge in [0.2, 0.25) is 0 Å². The molecule has 174 valence electrons. The van der Waals surface area contributed by atoms with Crippen molar-refractivity contribution in [1.82, 2.24) is 14.7 Å². The quantitative estimate of drug-likeness (QED) is 0.587. The van der Waals surface area contributed by atoms with Crippen LogP contribution < -0.4 is 10.2 Å². The lowest BCUT2D eigenvalue weighted by Crippen LogP contribution is -2.49. The van der Waals surface area contributed by atoms with Gasteiger partial charge >= 0.3 is 6.18 Å². The van der Waals surface area contributed by atoms with E-state index in [1.807, 2.05) is 24.3 Å². The molecule has 4 heterocycles. The van der Waals surface area contributed by atoms with Crippen LogP contribution in [0.1, 0.15) is 34.8 Å². The minimum Gasteiger partial charge on any atom is -0.467 e. The number of rotatable bonds is 3. The summed E-state index contributed by atoms with van der Waals surface area (Å²) in [5.41, 5.74) is 0.997. The third kappa shape index (κ3) is 4.27. The highest BCUT2D eigenvalue weighted by Crippen LogP contribution is 2.43. The van der Waals surface area contributed by atoms with Crippen LogP contribution in [-0.2, 0) is 0 Å². The Hall–Kier alpha value is -3.14. The summed E-state index contributed by atoms with van der Waals surface area (Å²) in [7, 11) is 0. The van der Waals surface area contributed by atoms with E-state index in [0.717, 1.165) is 10.4 Å². The van der Waals surface area contributed by atoms with E-state index in [4.69, 9.17) is 16.0 Å². The molecule has 7 nitrogen and oxygen atoms in total. The summed E-state index contributed by atoms with van der Waals surface area (Å²) < 4.78 is 47.6. The molecule has 0 unspecified atom stereocenters. The van der Waals surface area contributed by atoms with Gasteiger partial charge < -0.3 is 19.5 Å². The maximum absolute atomic E-state index is 13.8. The van der Waals surface area contributed by atoms with E-state index in [2.05, 4.69) is 15.3 Å². The number of hydrogen-bond donors (Lipinski definition) is 1. The van der Waals surface area contributed by atoms with E-state index in [9.17, 15) is 18.0 Å². The summed E-state index contributed by atoms with van der Waals surface area (Å²) in [5.74, 6) is 0.168. The minimum absolute atomic E-state index is 0.00760. The van der Waals surface area contributed by atoms with Crippen LogP contribution in [0.2, 0.25) is 5.02 Å². The number of aromatic nitrogens is 2. The van der Waals surface area contributed by atoms with Crippen LogP contribution >= 0.6 is 11.6 Å². The zero-order valence-corrected chi connectivity index (χ0v) is 18.2. The summed E-state index contributed by atoms with van der Waals surface area (Å²) in [6.45, 7) is 2.08. The number of carbonyl (C=O) groups excluding carboxylic acids is 1. The lowest BCUT2D eigenvalue weighted by Gasteiger charge is -2.35. The number of carbonyl (C=O) groups is 1. The first-order valence-electron chi connectivity index (χ1n) is 10.6. The van der Waals surface area contributed by atoms with Gasteiger partial charge in [-0.05, 0) is 36.4 Å². The second kappa shape index (κ2) is 8.33. The van der Waals surface area contributed by atoms with Gasteiger partial charge in [-0.25, -0.2) is 4.68 Å². The van der Waals surface area contributed by atoms with Gasteiger partial charge in [0.25, 0.3) is 5.91 Å². The highest BCUT2D eigenvalue weighted by Gasteiger charge is 2.47. The maximum atomic E-state index is 13.8. The van der Waals surface area contributed by atoms with Crippen LogP contribution in [0.25, 0.3) is 0 Å². The molecule has 0 radical (unpaired) electrons. The van der Waals surface area contributed by atoms with Crippen molar-refractivity contribution in [2.24, 2.45) is 0 Å². The zero-order chi connectivity index (χ0) is 23.2. The second-order valence-electron chi connectivity index (χ2n) is 8.12. The van der Waals surface area contributed by atoms with Gasteiger partial charge in [0, 0.05) is 49.4 Å². The Morgan fingerprint density at radius 1 is 1.12 bits per heavy atom. The molecule has 1 amide bonds. The lowest BCUT2D eigenvalue weighted by molar-refractivity contribution is -0.174. The number of hydrogen-bond acceptors (Lipinski definition) is 5. The van der Waals surface area contributed by atoms with E-state index < -0.39 is 18.3 Å². The molecule has 5 rings (SSSR count). The number of piperazine rings is 1. The Kier molecular flexibility index (Phi) is 5.48. The molecule has 0 saturated carbocycles. The van der Waals surface area contributed by atoms with E-state index in [0.29, 0.717) is 37.0 Å². The molecule has 2 aliphatic rings. The number of nitrogens with zero attached hydrogens (tertiary/aromatic N) is 4. The summed E-state index contributed by atoms with van der Waals surface area (Å²) in [5, 5.41) is 7.74. The summed E-state index contributed by atoms with van der Waals surface area (Å²) in [6.07, 6.45) is -3.37. The molecule has 1 N–H and O–H groups in total. The largest absolute Gasteiger partial charge is 0.467 e. The monoisotopic (exact) mass is 479 g/mol. The predicted molar refractivity (Wildman–Crippen MR) is 117 cm³/mol.